The number of nitro benzene ring substituents is 1. The zero-order chi connectivity index (χ0) is 22.7. The molecule has 1 amide bonds. The van der Waals surface area contributed by atoms with Crippen molar-refractivity contribution in [3.05, 3.63) is 93.0 Å². The van der Waals surface area contributed by atoms with E-state index in [0.29, 0.717) is 17.1 Å². The average molecular weight is 455 g/mol. The van der Waals surface area contributed by atoms with Crippen LogP contribution in [0.5, 0.6) is 11.5 Å². The summed E-state index contributed by atoms with van der Waals surface area (Å²) in [6.07, 6.45) is -1.32. The van der Waals surface area contributed by atoms with Gasteiger partial charge in [0.15, 0.2) is 11.5 Å². The van der Waals surface area contributed by atoms with Crippen LogP contribution in [0.25, 0.3) is 0 Å². The van der Waals surface area contributed by atoms with E-state index in [-0.39, 0.29) is 28.8 Å². The van der Waals surface area contributed by atoms with Gasteiger partial charge in [-0.3, -0.25) is 14.9 Å². The zero-order valence-electron chi connectivity index (χ0n) is 16.3. The van der Waals surface area contributed by atoms with Crippen LogP contribution in [-0.4, -0.2) is 23.6 Å². The van der Waals surface area contributed by atoms with Crippen molar-refractivity contribution in [1.29, 1.82) is 0 Å². The Bertz CT molecular complexity index is 1200. The number of halogens is 1. The fourth-order valence-corrected chi connectivity index (χ4v) is 3.22. The lowest BCUT2D eigenvalue weighted by atomic mass is 10.1. The maximum Gasteiger partial charge on any atom is 0.339 e. The van der Waals surface area contributed by atoms with E-state index in [0.717, 1.165) is 6.07 Å². The third-order valence-corrected chi connectivity index (χ3v) is 4.90. The maximum absolute atomic E-state index is 13.0. The highest BCUT2D eigenvalue weighted by Crippen LogP contribution is 2.33. The summed E-state index contributed by atoms with van der Waals surface area (Å²) < 4.78 is 16.0. The highest BCUT2D eigenvalue weighted by molar-refractivity contribution is 6.32. The molecule has 0 saturated carbocycles. The highest BCUT2D eigenvalue weighted by atomic mass is 35.5. The van der Waals surface area contributed by atoms with Crippen LogP contribution < -0.4 is 14.8 Å². The second-order valence-corrected chi connectivity index (χ2v) is 7.08. The summed E-state index contributed by atoms with van der Waals surface area (Å²) in [5.41, 5.74) is 0.358. The van der Waals surface area contributed by atoms with Crippen molar-refractivity contribution < 1.29 is 28.7 Å². The molecule has 0 aromatic heterocycles. The van der Waals surface area contributed by atoms with Crippen LogP contribution in [0.15, 0.2) is 66.7 Å². The van der Waals surface area contributed by atoms with Gasteiger partial charge >= 0.3 is 5.97 Å². The molecule has 32 heavy (non-hydrogen) atoms. The molecule has 0 aliphatic carbocycles. The number of hydrogen-bond acceptors (Lipinski definition) is 7. The van der Waals surface area contributed by atoms with Crippen molar-refractivity contribution in [2.75, 3.05) is 12.1 Å². The minimum Gasteiger partial charge on any atom is -0.454 e. The van der Waals surface area contributed by atoms with E-state index < -0.39 is 22.9 Å². The molecule has 9 nitrogen and oxygen atoms in total. The summed E-state index contributed by atoms with van der Waals surface area (Å²) in [5.74, 6) is -0.548. The van der Waals surface area contributed by atoms with Gasteiger partial charge in [-0.1, -0.05) is 41.9 Å². The number of amides is 1. The Hall–Kier alpha value is -4.11. The van der Waals surface area contributed by atoms with Crippen molar-refractivity contribution in [3.63, 3.8) is 0 Å². The van der Waals surface area contributed by atoms with Crippen LogP contribution in [-0.2, 0) is 9.53 Å². The number of nitro groups is 1. The molecule has 1 aliphatic rings. The minimum absolute atomic E-state index is 0.0517. The Morgan fingerprint density at radius 1 is 1.03 bits per heavy atom. The van der Waals surface area contributed by atoms with Crippen molar-refractivity contribution in [3.8, 4) is 11.5 Å². The topological polar surface area (TPSA) is 117 Å². The number of anilines is 1. The number of hydrogen-bond donors (Lipinski definition) is 1. The van der Waals surface area contributed by atoms with E-state index in [1.807, 2.05) is 0 Å². The van der Waals surface area contributed by atoms with Gasteiger partial charge in [0.25, 0.3) is 11.6 Å². The summed E-state index contributed by atoms with van der Waals surface area (Å²) in [7, 11) is 0. The van der Waals surface area contributed by atoms with Gasteiger partial charge in [-0.25, -0.2) is 4.79 Å². The molecule has 3 aromatic rings. The Balaban J connectivity index is 1.58. The first-order valence-electron chi connectivity index (χ1n) is 9.33. The van der Waals surface area contributed by atoms with E-state index in [9.17, 15) is 19.7 Å². The van der Waals surface area contributed by atoms with Gasteiger partial charge in [0.05, 0.1) is 10.5 Å². The molecule has 162 valence electrons. The van der Waals surface area contributed by atoms with Gasteiger partial charge in [0.2, 0.25) is 12.9 Å². The summed E-state index contributed by atoms with van der Waals surface area (Å²) in [6.45, 7) is 0.0517. The monoisotopic (exact) mass is 454 g/mol. The number of fused-ring (bicyclic) bond motifs is 1. The first kappa shape index (κ1) is 21.1. The number of nitrogens with zero attached hydrogens (tertiary/aromatic N) is 1. The molecule has 3 aromatic carbocycles. The molecule has 1 heterocycles. The van der Waals surface area contributed by atoms with Gasteiger partial charge in [0, 0.05) is 17.3 Å². The molecule has 0 radical (unpaired) electrons. The normalized spacial score (nSPS) is 12.7. The van der Waals surface area contributed by atoms with Crippen LogP contribution >= 0.6 is 11.6 Å². The number of carbonyl (C=O) groups excluding carboxylic acids is 2. The van der Waals surface area contributed by atoms with Gasteiger partial charge in [0.1, 0.15) is 5.02 Å². The van der Waals surface area contributed by atoms with Crippen LogP contribution in [0.4, 0.5) is 11.4 Å². The Morgan fingerprint density at radius 2 is 1.78 bits per heavy atom. The van der Waals surface area contributed by atoms with Crippen molar-refractivity contribution in [1.82, 2.24) is 0 Å². The fraction of sp³-hybridized carbons (Fsp3) is 0.0909. The molecule has 1 N–H and O–H groups in total. The second kappa shape index (κ2) is 8.94. The van der Waals surface area contributed by atoms with E-state index in [1.54, 1.807) is 36.4 Å². The fourth-order valence-electron chi connectivity index (χ4n) is 3.04. The largest absolute Gasteiger partial charge is 0.454 e. The Morgan fingerprint density at radius 3 is 2.53 bits per heavy atom. The number of esters is 1. The molecule has 0 saturated heterocycles. The summed E-state index contributed by atoms with van der Waals surface area (Å²) in [5, 5.41) is 13.6. The first-order chi connectivity index (χ1) is 15.4. The minimum atomic E-state index is -1.32. The van der Waals surface area contributed by atoms with Crippen LogP contribution in [0, 0.1) is 10.1 Å². The van der Waals surface area contributed by atoms with Crippen LogP contribution in [0.3, 0.4) is 0 Å². The molecular formula is C22H15ClN2O7. The van der Waals surface area contributed by atoms with E-state index >= 15 is 0 Å². The summed E-state index contributed by atoms with van der Waals surface area (Å²) >= 11 is 5.82. The lowest BCUT2D eigenvalue weighted by molar-refractivity contribution is -0.384. The van der Waals surface area contributed by atoms with Gasteiger partial charge in [-0.05, 0) is 30.3 Å². The zero-order valence-corrected chi connectivity index (χ0v) is 17.1. The number of carbonyl (C=O) groups is 2. The number of benzene rings is 3. The van der Waals surface area contributed by atoms with E-state index in [1.165, 1.54) is 24.3 Å². The Labute approximate surface area is 186 Å². The summed E-state index contributed by atoms with van der Waals surface area (Å²) in [6, 6.07) is 16.8. The number of nitrogens with one attached hydrogen (secondary N) is 1. The predicted octanol–water partition coefficient (Wildman–Crippen LogP) is 4.51. The standard InChI is InChI=1S/C22H15ClN2O7/c23-16-8-7-15(11-17(16)25(28)29)24-21(26)20(13-4-2-1-3-5-13)32-22(27)14-6-9-18-19(10-14)31-12-30-18/h1-11,20H,12H2,(H,24,26)/t20-/m0/s1. The van der Waals surface area contributed by atoms with Crippen molar-refractivity contribution in [2.45, 2.75) is 6.10 Å². The van der Waals surface area contributed by atoms with Crippen molar-refractivity contribution >= 4 is 34.9 Å². The number of ether oxygens (including phenoxy) is 3. The maximum atomic E-state index is 13.0. The van der Waals surface area contributed by atoms with Crippen molar-refractivity contribution in [2.24, 2.45) is 0 Å². The molecule has 0 fully saturated rings. The average Bonchev–Trinajstić information content (AvgIpc) is 3.27. The van der Waals surface area contributed by atoms with E-state index in [4.69, 9.17) is 25.8 Å². The SMILES string of the molecule is O=C(O[C@H](C(=O)Nc1ccc(Cl)c([N+](=O)[O-])c1)c1ccccc1)c1ccc2c(c1)OCO2. The van der Waals surface area contributed by atoms with Gasteiger partial charge in [-0.2, -0.15) is 0 Å². The third-order valence-electron chi connectivity index (χ3n) is 4.58. The molecular weight excluding hydrogens is 440 g/mol. The van der Waals surface area contributed by atoms with Gasteiger partial charge in [-0.15, -0.1) is 0 Å². The molecule has 0 spiro atoms. The quantitative estimate of drug-likeness (QED) is 0.330. The van der Waals surface area contributed by atoms with Crippen LogP contribution in [0.1, 0.15) is 22.0 Å². The van der Waals surface area contributed by atoms with Crippen LogP contribution in [0.2, 0.25) is 5.02 Å². The number of rotatable bonds is 6. The van der Waals surface area contributed by atoms with E-state index in [2.05, 4.69) is 5.32 Å². The molecule has 1 atom stereocenters. The molecule has 0 unspecified atom stereocenters. The molecule has 1 aliphatic heterocycles. The molecule has 0 bridgehead atoms. The lowest BCUT2D eigenvalue weighted by Crippen LogP contribution is -2.26. The van der Waals surface area contributed by atoms with Gasteiger partial charge < -0.3 is 19.5 Å². The second-order valence-electron chi connectivity index (χ2n) is 6.68. The third kappa shape index (κ3) is 4.47. The summed E-state index contributed by atoms with van der Waals surface area (Å²) in [4.78, 5) is 36.2. The first-order valence-corrected chi connectivity index (χ1v) is 9.70. The predicted molar refractivity (Wildman–Crippen MR) is 114 cm³/mol. The lowest BCUT2D eigenvalue weighted by Gasteiger charge is -2.18. The molecule has 4 rings (SSSR count). The smallest absolute Gasteiger partial charge is 0.339 e. The molecule has 10 heteroatoms. The Kier molecular flexibility index (Phi) is 5.91. The highest BCUT2D eigenvalue weighted by Gasteiger charge is 2.27.